The number of hydrogen-bond acceptors (Lipinski definition) is 6. The summed E-state index contributed by atoms with van der Waals surface area (Å²) in [5.41, 5.74) is 0.281. The van der Waals surface area contributed by atoms with Gasteiger partial charge in [-0.2, -0.15) is 10.5 Å². The van der Waals surface area contributed by atoms with E-state index in [0.29, 0.717) is 6.04 Å². The van der Waals surface area contributed by atoms with Crippen molar-refractivity contribution in [3.8, 4) is 12.1 Å². The molecular weight excluding hydrogens is 360 g/mol. The number of piperidine rings is 1. The lowest BCUT2D eigenvalue weighted by Crippen LogP contribution is -2.36. The average molecular weight is 399 g/mol. The van der Waals surface area contributed by atoms with Gasteiger partial charge in [-0.3, -0.25) is 0 Å². The largest absolute Gasteiger partial charge is 0.355 e. The van der Waals surface area contributed by atoms with Crippen LogP contribution in [0.1, 0.15) is 52.4 Å². The predicted molar refractivity (Wildman–Crippen MR) is 116 cm³/mol. The first-order valence-corrected chi connectivity index (χ1v) is 11.6. The molecule has 2 atom stereocenters. The fraction of sp³-hybridized carbons (Fsp3) is 0.826. The van der Waals surface area contributed by atoms with E-state index < -0.39 is 0 Å². The molecule has 0 bridgehead atoms. The van der Waals surface area contributed by atoms with Crippen molar-refractivity contribution in [2.75, 3.05) is 58.9 Å². The maximum Gasteiger partial charge on any atom is 0.169 e. The van der Waals surface area contributed by atoms with E-state index in [0.717, 1.165) is 63.8 Å². The Morgan fingerprint density at radius 2 is 1.52 bits per heavy atom. The number of nitriles is 2. The van der Waals surface area contributed by atoms with Crippen LogP contribution in [0.3, 0.4) is 0 Å². The van der Waals surface area contributed by atoms with E-state index in [1.165, 1.54) is 45.3 Å². The van der Waals surface area contributed by atoms with Crippen LogP contribution in [0.2, 0.25) is 0 Å². The lowest BCUT2D eigenvalue weighted by Gasteiger charge is -2.31. The Labute approximate surface area is 177 Å². The summed E-state index contributed by atoms with van der Waals surface area (Å²) in [6.45, 7) is 14.3. The van der Waals surface area contributed by atoms with Crippen molar-refractivity contribution >= 4 is 0 Å². The van der Waals surface area contributed by atoms with Gasteiger partial charge in [-0.05, 0) is 71.0 Å². The standard InChI is InChI=1S/C23H38N6/c1-20-7-3-9-26(19-20)10-5-13-28-15-16-29(23(28)22(17-24)18-25)14-6-12-27-11-4-8-21(27)2/h20-21H,3-16,19H2,1-2H3. The monoisotopic (exact) mass is 398 g/mol. The molecule has 6 nitrogen and oxygen atoms in total. The second kappa shape index (κ2) is 10.9. The average Bonchev–Trinajstić information content (AvgIpc) is 3.30. The third-order valence-electron chi connectivity index (χ3n) is 6.89. The molecule has 3 fully saturated rings. The van der Waals surface area contributed by atoms with E-state index in [4.69, 9.17) is 0 Å². The fourth-order valence-corrected chi connectivity index (χ4v) is 5.29. The molecule has 3 aliphatic heterocycles. The first kappa shape index (κ1) is 21.9. The molecule has 29 heavy (non-hydrogen) atoms. The lowest BCUT2D eigenvalue weighted by molar-refractivity contribution is 0.175. The van der Waals surface area contributed by atoms with Crippen LogP contribution in [-0.4, -0.2) is 84.5 Å². The summed E-state index contributed by atoms with van der Waals surface area (Å²) in [7, 11) is 0. The van der Waals surface area contributed by atoms with Gasteiger partial charge in [0.25, 0.3) is 0 Å². The van der Waals surface area contributed by atoms with Crippen LogP contribution < -0.4 is 0 Å². The number of allylic oxidation sites excluding steroid dienone is 1. The Hall–Kier alpha value is -1.76. The topological polar surface area (TPSA) is 60.5 Å². The van der Waals surface area contributed by atoms with Crippen LogP contribution in [-0.2, 0) is 0 Å². The van der Waals surface area contributed by atoms with E-state index >= 15 is 0 Å². The molecule has 0 aromatic heterocycles. The van der Waals surface area contributed by atoms with Crippen LogP contribution in [0.5, 0.6) is 0 Å². The molecule has 0 spiro atoms. The van der Waals surface area contributed by atoms with Crippen molar-refractivity contribution in [1.29, 1.82) is 10.5 Å². The summed E-state index contributed by atoms with van der Waals surface area (Å²) >= 11 is 0. The zero-order chi connectivity index (χ0) is 20.6. The molecule has 160 valence electrons. The summed E-state index contributed by atoms with van der Waals surface area (Å²) < 4.78 is 0. The maximum absolute atomic E-state index is 9.51. The number of likely N-dealkylation sites (tertiary alicyclic amines) is 2. The molecule has 0 aromatic carbocycles. The molecule has 0 radical (unpaired) electrons. The Morgan fingerprint density at radius 3 is 2.10 bits per heavy atom. The quantitative estimate of drug-likeness (QED) is 0.586. The van der Waals surface area contributed by atoms with Gasteiger partial charge < -0.3 is 19.6 Å². The van der Waals surface area contributed by atoms with Crippen LogP contribution in [0.15, 0.2) is 11.4 Å². The Kier molecular flexibility index (Phi) is 8.21. The second-order valence-electron chi connectivity index (χ2n) is 9.18. The summed E-state index contributed by atoms with van der Waals surface area (Å²) in [4.78, 5) is 9.73. The highest BCUT2D eigenvalue weighted by molar-refractivity contribution is 5.40. The summed E-state index contributed by atoms with van der Waals surface area (Å²) in [6.07, 6.45) is 7.48. The first-order chi connectivity index (χ1) is 14.1. The minimum atomic E-state index is 0.281. The molecule has 0 saturated carbocycles. The van der Waals surface area contributed by atoms with Gasteiger partial charge in [-0.1, -0.05) is 6.92 Å². The van der Waals surface area contributed by atoms with Crippen molar-refractivity contribution in [2.45, 2.75) is 58.4 Å². The molecule has 0 N–H and O–H groups in total. The molecular formula is C23H38N6. The van der Waals surface area contributed by atoms with Crippen molar-refractivity contribution in [2.24, 2.45) is 5.92 Å². The van der Waals surface area contributed by atoms with Gasteiger partial charge in [0, 0.05) is 45.3 Å². The Bertz CT molecular complexity index is 629. The number of rotatable bonds is 8. The molecule has 0 aromatic rings. The molecule has 2 unspecified atom stereocenters. The van der Waals surface area contributed by atoms with Crippen molar-refractivity contribution < 1.29 is 0 Å². The fourth-order valence-electron chi connectivity index (χ4n) is 5.29. The highest BCUT2D eigenvalue weighted by Gasteiger charge is 2.28. The van der Waals surface area contributed by atoms with Gasteiger partial charge in [0.1, 0.15) is 18.0 Å². The molecule has 6 heteroatoms. The zero-order valence-electron chi connectivity index (χ0n) is 18.4. The van der Waals surface area contributed by atoms with Gasteiger partial charge >= 0.3 is 0 Å². The van der Waals surface area contributed by atoms with E-state index in [9.17, 15) is 10.5 Å². The molecule has 3 aliphatic rings. The van der Waals surface area contributed by atoms with E-state index in [1.54, 1.807) is 0 Å². The number of nitrogens with zero attached hydrogens (tertiary/aromatic N) is 6. The van der Waals surface area contributed by atoms with Crippen LogP contribution >= 0.6 is 0 Å². The van der Waals surface area contributed by atoms with Gasteiger partial charge in [0.15, 0.2) is 5.57 Å². The molecule has 3 saturated heterocycles. The van der Waals surface area contributed by atoms with Crippen molar-refractivity contribution in [3.63, 3.8) is 0 Å². The summed E-state index contributed by atoms with van der Waals surface area (Å²) in [6, 6.07) is 5.00. The van der Waals surface area contributed by atoms with Crippen molar-refractivity contribution in [3.05, 3.63) is 11.4 Å². The third kappa shape index (κ3) is 5.87. The minimum Gasteiger partial charge on any atom is -0.355 e. The predicted octanol–water partition coefficient (Wildman–Crippen LogP) is 2.86. The molecule has 3 rings (SSSR count). The first-order valence-electron chi connectivity index (χ1n) is 11.6. The smallest absolute Gasteiger partial charge is 0.169 e. The van der Waals surface area contributed by atoms with E-state index in [-0.39, 0.29) is 5.57 Å². The Morgan fingerprint density at radius 1 is 0.862 bits per heavy atom. The minimum absolute atomic E-state index is 0.281. The third-order valence-corrected chi connectivity index (χ3v) is 6.89. The Balaban J connectivity index is 1.51. The van der Waals surface area contributed by atoms with Crippen LogP contribution in [0.25, 0.3) is 0 Å². The van der Waals surface area contributed by atoms with Crippen LogP contribution in [0, 0.1) is 28.6 Å². The second-order valence-corrected chi connectivity index (χ2v) is 9.18. The van der Waals surface area contributed by atoms with E-state index in [2.05, 4.69) is 45.6 Å². The van der Waals surface area contributed by atoms with Gasteiger partial charge in [-0.25, -0.2) is 0 Å². The summed E-state index contributed by atoms with van der Waals surface area (Å²) in [5, 5.41) is 19.0. The SMILES string of the molecule is CC1CCCN(CCCN2CCN(CCCN3CCCC3C)C2=C(C#N)C#N)C1. The van der Waals surface area contributed by atoms with Gasteiger partial charge in [-0.15, -0.1) is 0 Å². The molecule has 3 heterocycles. The number of hydrogen-bond donors (Lipinski definition) is 0. The van der Waals surface area contributed by atoms with Gasteiger partial charge in [0.2, 0.25) is 0 Å². The maximum atomic E-state index is 9.51. The molecule has 0 amide bonds. The van der Waals surface area contributed by atoms with E-state index in [1.807, 2.05) is 0 Å². The van der Waals surface area contributed by atoms with Gasteiger partial charge in [0.05, 0.1) is 0 Å². The highest BCUT2D eigenvalue weighted by atomic mass is 15.4. The van der Waals surface area contributed by atoms with Crippen molar-refractivity contribution in [1.82, 2.24) is 19.6 Å². The normalized spacial score (nSPS) is 26.0. The zero-order valence-corrected chi connectivity index (χ0v) is 18.4. The lowest BCUT2D eigenvalue weighted by atomic mass is 10.0. The summed E-state index contributed by atoms with van der Waals surface area (Å²) in [5.74, 6) is 1.69. The van der Waals surface area contributed by atoms with Crippen LogP contribution in [0.4, 0.5) is 0 Å². The molecule has 0 aliphatic carbocycles. The highest BCUT2D eigenvalue weighted by Crippen LogP contribution is 2.24.